The fraction of sp³-hybridized carbons (Fsp3) is 0.474. The van der Waals surface area contributed by atoms with Gasteiger partial charge in [-0.1, -0.05) is 48.7 Å². The van der Waals surface area contributed by atoms with Crippen LogP contribution in [0, 0.1) is 11.3 Å². The molecule has 0 radical (unpaired) electrons. The number of aliphatic carboxylic acids is 1. The van der Waals surface area contributed by atoms with Gasteiger partial charge in [0.15, 0.2) is 0 Å². The molecule has 1 aromatic rings. The Morgan fingerprint density at radius 1 is 1.26 bits per heavy atom. The predicted octanol–water partition coefficient (Wildman–Crippen LogP) is 3.96. The molecule has 0 unspecified atom stereocenters. The van der Waals surface area contributed by atoms with Gasteiger partial charge in [-0.15, -0.1) is 6.58 Å². The van der Waals surface area contributed by atoms with Gasteiger partial charge in [-0.3, -0.25) is 9.59 Å². The maximum absolute atomic E-state index is 12.8. The Balaban J connectivity index is 2.16. The topological polar surface area (TPSA) is 63.6 Å². The number of rotatable bonds is 7. The molecule has 1 saturated carbocycles. The smallest absolute Gasteiger partial charge is 0.313 e. The third kappa shape index (κ3) is 4.01. The second-order valence-electron chi connectivity index (χ2n) is 6.48. The van der Waals surface area contributed by atoms with Crippen molar-refractivity contribution in [2.45, 2.75) is 45.6 Å². The average Bonchev–Trinajstić information content (AvgIpc) is 3.01. The first-order valence-electron chi connectivity index (χ1n) is 8.04. The average molecular weight is 316 g/mol. The van der Waals surface area contributed by atoms with Crippen molar-refractivity contribution in [3.63, 3.8) is 0 Å². The summed E-state index contributed by atoms with van der Waals surface area (Å²) >= 11 is 0. The fourth-order valence-corrected chi connectivity index (χ4v) is 3.44. The Kier molecular flexibility index (Phi) is 5.59. The van der Waals surface area contributed by atoms with Crippen molar-refractivity contribution in [1.82, 2.24) is 0 Å². The van der Waals surface area contributed by atoms with Gasteiger partial charge in [-0.25, -0.2) is 0 Å². The van der Waals surface area contributed by atoms with E-state index in [1.54, 1.807) is 6.92 Å². The Morgan fingerprint density at radius 3 is 2.39 bits per heavy atom. The molecule has 124 valence electrons. The molecule has 1 aromatic carbocycles. The normalized spacial score (nSPS) is 17.4. The van der Waals surface area contributed by atoms with Gasteiger partial charge in [0.1, 0.15) is 6.61 Å². The number of carbonyl (C=O) groups excluding carboxylic acids is 1. The first-order valence-corrected chi connectivity index (χ1v) is 8.04. The highest BCUT2D eigenvalue weighted by Gasteiger charge is 2.51. The molecule has 0 saturated heterocycles. The predicted molar refractivity (Wildman–Crippen MR) is 87.7 cm³/mol. The number of ether oxygens (including phenoxy) is 1. The first kappa shape index (κ1) is 17.3. The second-order valence-corrected chi connectivity index (χ2v) is 6.48. The summed E-state index contributed by atoms with van der Waals surface area (Å²) in [6.45, 7) is 5.80. The quantitative estimate of drug-likeness (QED) is 0.611. The van der Waals surface area contributed by atoms with Gasteiger partial charge in [0.25, 0.3) is 0 Å². The number of esters is 1. The van der Waals surface area contributed by atoms with E-state index in [0.29, 0.717) is 19.3 Å². The van der Waals surface area contributed by atoms with Crippen molar-refractivity contribution in [2.24, 2.45) is 11.3 Å². The molecule has 2 rings (SSSR count). The highest BCUT2D eigenvalue weighted by Crippen LogP contribution is 2.47. The van der Waals surface area contributed by atoms with E-state index in [1.165, 1.54) is 0 Å². The van der Waals surface area contributed by atoms with Crippen LogP contribution in [0.3, 0.4) is 0 Å². The van der Waals surface area contributed by atoms with Crippen LogP contribution in [-0.4, -0.2) is 17.0 Å². The summed E-state index contributed by atoms with van der Waals surface area (Å²) in [4.78, 5) is 24.5. The van der Waals surface area contributed by atoms with Gasteiger partial charge in [0.05, 0.1) is 11.3 Å². The van der Waals surface area contributed by atoms with Crippen molar-refractivity contribution in [3.05, 3.63) is 48.0 Å². The van der Waals surface area contributed by atoms with Gasteiger partial charge in [0.2, 0.25) is 0 Å². The maximum Gasteiger partial charge on any atom is 0.313 e. The van der Waals surface area contributed by atoms with Gasteiger partial charge >= 0.3 is 11.9 Å². The molecule has 23 heavy (non-hydrogen) atoms. The van der Waals surface area contributed by atoms with Gasteiger partial charge in [-0.05, 0) is 31.7 Å². The van der Waals surface area contributed by atoms with E-state index < -0.39 is 17.3 Å². The van der Waals surface area contributed by atoms with Crippen LogP contribution in [0.2, 0.25) is 0 Å². The molecule has 0 spiro atoms. The van der Waals surface area contributed by atoms with Gasteiger partial charge in [0, 0.05) is 0 Å². The molecule has 4 nitrogen and oxygen atoms in total. The molecule has 0 heterocycles. The van der Waals surface area contributed by atoms with Crippen LogP contribution in [0.1, 0.15) is 44.6 Å². The molecule has 1 N–H and O–H groups in total. The van der Waals surface area contributed by atoms with Crippen molar-refractivity contribution < 1.29 is 19.4 Å². The van der Waals surface area contributed by atoms with Gasteiger partial charge in [-0.2, -0.15) is 0 Å². The molecule has 0 amide bonds. The summed E-state index contributed by atoms with van der Waals surface area (Å²) in [5.41, 5.74) is 0.764. The summed E-state index contributed by atoms with van der Waals surface area (Å²) in [5.74, 6) is -2.08. The lowest BCUT2D eigenvalue weighted by Gasteiger charge is -2.32. The van der Waals surface area contributed by atoms with E-state index in [0.717, 1.165) is 24.0 Å². The third-order valence-corrected chi connectivity index (χ3v) is 4.63. The van der Waals surface area contributed by atoms with E-state index in [1.807, 2.05) is 30.3 Å². The van der Waals surface area contributed by atoms with Crippen molar-refractivity contribution in [3.8, 4) is 0 Å². The van der Waals surface area contributed by atoms with Crippen LogP contribution < -0.4 is 0 Å². The minimum absolute atomic E-state index is 0.181. The summed E-state index contributed by atoms with van der Waals surface area (Å²) in [6.07, 6.45) is 3.19. The zero-order valence-corrected chi connectivity index (χ0v) is 13.6. The van der Waals surface area contributed by atoms with Crippen LogP contribution in [0.4, 0.5) is 0 Å². The molecular formula is C19H24O4. The largest absolute Gasteiger partial charge is 0.481 e. The van der Waals surface area contributed by atoms with Crippen molar-refractivity contribution in [1.29, 1.82) is 0 Å². The van der Waals surface area contributed by atoms with E-state index >= 15 is 0 Å². The summed E-state index contributed by atoms with van der Waals surface area (Å²) < 4.78 is 5.50. The first-order chi connectivity index (χ1) is 11.0. The number of hydrogen-bond acceptors (Lipinski definition) is 3. The Labute approximate surface area is 137 Å². The number of hydrogen-bond donors (Lipinski definition) is 1. The minimum atomic E-state index is -0.938. The van der Waals surface area contributed by atoms with Crippen LogP contribution in [-0.2, 0) is 20.9 Å². The van der Waals surface area contributed by atoms with Crippen molar-refractivity contribution in [2.75, 3.05) is 0 Å². The van der Waals surface area contributed by atoms with Crippen LogP contribution in [0.25, 0.3) is 0 Å². The summed E-state index contributed by atoms with van der Waals surface area (Å²) in [6, 6.07) is 9.44. The van der Waals surface area contributed by atoms with E-state index in [-0.39, 0.29) is 12.6 Å². The van der Waals surface area contributed by atoms with Crippen LogP contribution in [0.5, 0.6) is 0 Å². The fourth-order valence-electron chi connectivity index (χ4n) is 3.44. The lowest BCUT2D eigenvalue weighted by molar-refractivity contribution is -0.168. The lowest BCUT2D eigenvalue weighted by atomic mass is 9.71. The number of carbonyl (C=O) groups is 2. The highest BCUT2D eigenvalue weighted by atomic mass is 16.5. The summed E-state index contributed by atoms with van der Waals surface area (Å²) in [7, 11) is 0. The molecule has 4 heteroatoms. The Morgan fingerprint density at radius 2 is 1.87 bits per heavy atom. The third-order valence-electron chi connectivity index (χ3n) is 4.63. The molecule has 1 atom stereocenters. The Bertz CT molecular complexity index is 570. The number of allylic oxidation sites excluding steroid dienone is 1. The maximum atomic E-state index is 12.8. The number of benzene rings is 1. The molecule has 0 bridgehead atoms. The van der Waals surface area contributed by atoms with Gasteiger partial charge < -0.3 is 9.84 Å². The number of carboxylic acids is 1. The zero-order chi connectivity index (χ0) is 16.9. The molecule has 1 fully saturated rings. The highest BCUT2D eigenvalue weighted by molar-refractivity contribution is 5.85. The second kappa shape index (κ2) is 7.44. The van der Waals surface area contributed by atoms with E-state index in [9.17, 15) is 14.7 Å². The standard InChI is InChI=1S/C19H24O4/c1-14(2)12-16(17(20)21)19(10-6-7-11-19)18(22)23-13-15-8-4-3-5-9-15/h3-5,8-9,16H,1,6-7,10-13H2,2H3,(H,20,21)/t16-/m0/s1. The molecule has 0 aliphatic heterocycles. The Hall–Kier alpha value is -2.10. The van der Waals surface area contributed by atoms with Crippen LogP contribution >= 0.6 is 0 Å². The lowest BCUT2D eigenvalue weighted by Crippen LogP contribution is -2.42. The molecule has 0 aromatic heterocycles. The number of carboxylic acid groups (broad SMARTS) is 1. The zero-order valence-electron chi connectivity index (χ0n) is 13.6. The summed E-state index contributed by atoms with van der Waals surface area (Å²) in [5, 5.41) is 9.63. The monoisotopic (exact) mass is 316 g/mol. The SMILES string of the molecule is C=C(C)C[C@@H](C(=O)O)C1(C(=O)OCc2ccccc2)CCCC1. The van der Waals surface area contributed by atoms with E-state index in [2.05, 4.69) is 6.58 Å². The van der Waals surface area contributed by atoms with E-state index in [4.69, 9.17) is 4.74 Å². The molecule has 1 aliphatic carbocycles. The minimum Gasteiger partial charge on any atom is -0.481 e. The molecule has 1 aliphatic rings. The van der Waals surface area contributed by atoms with Crippen molar-refractivity contribution >= 4 is 11.9 Å². The van der Waals surface area contributed by atoms with Crippen LogP contribution in [0.15, 0.2) is 42.5 Å². The molecular weight excluding hydrogens is 292 g/mol.